The SMILES string of the molecule is CC(=O)NC[C@H]1Oc2ccc(N(C(=O)O)C(C)(C)C)cc2N(S(=O)(=O)c2ccc(F)cc2)[C@@H]1C. The molecule has 1 heterocycles. The summed E-state index contributed by atoms with van der Waals surface area (Å²) in [5.41, 5.74) is -0.409. The smallest absolute Gasteiger partial charge is 0.412 e. The molecule has 3 rings (SSSR count). The third-order valence-electron chi connectivity index (χ3n) is 5.41. The molecule has 11 heteroatoms. The van der Waals surface area contributed by atoms with Crippen molar-refractivity contribution in [3.8, 4) is 5.75 Å². The van der Waals surface area contributed by atoms with Crippen molar-refractivity contribution in [3.63, 3.8) is 0 Å². The summed E-state index contributed by atoms with van der Waals surface area (Å²) in [6, 6.07) is 8.14. The van der Waals surface area contributed by atoms with Crippen LogP contribution in [-0.4, -0.2) is 49.8 Å². The molecule has 0 saturated carbocycles. The summed E-state index contributed by atoms with van der Waals surface area (Å²) in [4.78, 5) is 24.4. The molecule has 34 heavy (non-hydrogen) atoms. The molecule has 2 aromatic rings. The molecule has 1 aliphatic rings. The van der Waals surface area contributed by atoms with Crippen LogP contribution in [0.5, 0.6) is 5.75 Å². The molecule has 9 nitrogen and oxygen atoms in total. The normalized spacial score (nSPS) is 18.0. The van der Waals surface area contributed by atoms with E-state index in [4.69, 9.17) is 4.74 Å². The van der Waals surface area contributed by atoms with Gasteiger partial charge in [-0.1, -0.05) is 0 Å². The molecule has 0 aromatic heterocycles. The number of sulfonamides is 1. The van der Waals surface area contributed by atoms with Gasteiger partial charge in [0.15, 0.2) is 0 Å². The lowest BCUT2D eigenvalue weighted by molar-refractivity contribution is -0.119. The Labute approximate surface area is 198 Å². The zero-order chi connectivity index (χ0) is 25.4. The van der Waals surface area contributed by atoms with Gasteiger partial charge in [-0.2, -0.15) is 0 Å². The lowest BCUT2D eigenvalue weighted by Crippen LogP contribution is -2.54. The standard InChI is InChI=1S/C23H28FN3O6S/c1-14-21(13-25-15(2)28)33-20-11-8-17(26(22(29)30)23(3,4)5)12-19(20)27(14)34(31,32)18-9-6-16(24)7-10-18/h6-12,14,21H,13H2,1-5H3,(H,25,28)(H,29,30)/t14-,21-/m1/s1. The van der Waals surface area contributed by atoms with Gasteiger partial charge in [0.05, 0.1) is 28.9 Å². The van der Waals surface area contributed by atoms with Crippen LogP contribution < -0.4 is 19.3 Å². The molecule has 0 aliphatic carbocycles. The van der Waals surface area contributed by atoms with Crippen LogP contribution in [0.15, 0.2) is 47.4 Å². The number of amides is 2. The second-order valence-corrected chi connectivity index (χ2v) is 10.8. The van der Waals surface area contributed by atoms with Gasteiger partial charge in [0.2, 0.25) is 5.91 Å². The predicted octanol–water partition coefficient (Wildman–Crippen LogP) is 3.59. The van der Waals surface area contributed by atoms with E-state index in [1.54, 1.807) is 27.7 Å². The number of benzene rings is 2. The number of halogens is 1. The average Bonchev–Trinajstić information content (AvgIpc) is 2.71. The number of carbonyl (C=O) groups is 2. The van der Waals surface area contributed by atoms with Gasteiger partial charge in [0.25, 0.3) is 10.0 Å². The number of nitrogens with one attached hydrogen (secondary N) is 1. The van der Waals surface area contributed by atoms with Crippen molar-refractivity contribution in [2.45, 2.75) is 57.2 Å². The van der Waals surface area contributed by atoms with E-state index in [0.717, 1.165) is 33.5 Å². The van der Waals surface area contributed by atoms with Crippen LogP contribution in [0.2, 0.25) is 0 Å². The second-order valence-electron chi connectivity index (χ2n) is 9.03. The summed E-state index contributed by atoms with van der Waals surface area (Å²) in [5.74, 6) is -0.670. The lowest BCUT2D eigenvalue weighted by Gasteiger charge is -2.42. The average molecular weight is 494 g/mol. The summed E-state index contributed by atoms with van der Waals surface area (Å²) in [6.45, 7) is 8.18. The van der Waals surface area contributed by atoms with E-state index in [1.807, 2.05) is 0 Å². The third kappa shape index (κ3) is 4.93. The van der Waals surface area contributed by atoms with Gasteiger partial charge in [0.1, 0.15) is 17.7 Å². The first kappa shape index (κ1) is 25.3. The minimum absolute atomic E-state index is 0.0520. The van der Waals surface area contributed by atoms with Gasteiger partial charge in [-0.25, -0.2) is 17.6 Å². The van der Waals surface area contributed by atoms with Gasteiger partial charge in [0, 0.05) is 12.5 Å². The van der Waals surface area contributed by atoms with E-state index < -0.39 is 39.6 Å². The minimum atomic E-state index is -4.20. The van der Waals surface area contributed by atoms with Gasteiger partial charge in [-0.3, -0.25) is 14.0 Å². The summed E-state index contributed by atoms with van der Waals surface area (Å²) >= 11 is 0. The molecule has 2 N–H and O–H groups in total. The van der Waals surface area contributed by atoms with E-state index in [9.17, 15) is 27.5 Å². The highest BCUT2D eigenvalue weighted by Gasteiger charge is 2.41. The van der Waals surface area contributed by atoms with Crippen molar-refractivity contribution in [2.24, 2.45) is 0 Å². The Kier molecular flexibility index (Phi) is 6.79. The molecule has 1 aliphatic heterocycles. The zero-order valence-corrected chi connectivity index (χ0v) is 20.4. The van der Waals surface area contributed by atoms with Gasteiger partial charge < -0.3 is 15.2 Å². The van der Waals surface area contributed by atoms with E-state index in [-0.39, 0.29) is 34.5 Å². The van der Waals surface area contributed by atoms with Gasteiger partial charge >= 0.3 is 6.09 Å². The first-order chi connectivity index (χ1) is 15.7. The van der Waals surface area contributed by atoms with Crippen molar-refractivity contribution >= 4 is 33.4 Å². The highest BCUT2D eigenvalue weighted by Crippen LogP contribution is 2.43. The number of carboxylic acid groups (broad SMARTS) is 1. The Morgan fingerprint density at radius 2 is 1.79 bits per heavy atom. The lowest BCUT2D eigenvalue weighted by atomic mass is 10.0. The first-order valence-corrected chi connectivity index (χ1v) is 12.1. The fourth-order valence-electron chi connectivity index (χ4n) is 3.86. The van der Waals surface area contributed by atoms with Crippen LogP contribution in [0, 0.1) is 5.82 Å². The third-order valence-corrected chi connectivity index (χ3v) is 7.32. The quantitative estimate of drug-likeness (QED) is 0.658. The fourth-order valence-corrected chi connectivity index (χ4v) is 5.54. The molecule has 0 spiro atoms. The summed E-state index contributed by atoms with van der Waals surface area (Å²) in [5, 5.41) is 12.4. The molecular weight excluding hydrogens is 465 g/mol. The summed E-state index contributed by atoms with van der Waals surface area (Å²) in [7, 11) is -4.20. The van der Waals surface area contributed by atoms with E-state index >= 15 is 0 Å². The molecule has 2 aromatic carbocycles. The van der Waals surface area contributed by atoms with Crippen LogP contribution in [0.1, 0.15) is 34.6 Å². The number of ether oxygens (including phenoxy) is 1. The number of anilines is 2. The Morgan fingerprint density at radius 1 is 1.18 bits per heavy atom. The van der Waals surface area contributed by atoms with Crippen LogP contribution in [0.3, 0.4) is 0 Å². The maximum atomic E-state index is 13.7. The van der Waals surface area contributed by atoms with Gasteiger partial charge in [-0.05, 0) is 70.2 Å². The first-order valence-electron chi connectivity index (χ1n) is 10.6. The molecule has 184 valence electrons. The molecule has 2 atom stereocenters. The van der Waals surface area contributed by atoms with Crippen molar-refractivity contribution < 1.29 is 32.2 Å². The maximum Gasteiger partial charge on any atom is 0.412 e. The number of nitrogens with zero attached hydrogens (tertiary/aromatic N) is 2. The Bertz CT molecular complexity index is 1190. The molecule has 0 unspecified atom stereocenters. The Hall–Kier alpha value is -3.34. The number of carbonyl (C=O) groups excluding carboxylic acids is 1. The van der Waals surface area contributed by atoms with Crippen LogP contribution in [-0.2, 0) is 14.8 Å². The largest absolute Gasteiger partial charge is 0.484 e. The number of hydrogen-bond donors (Lipinski definition) is 2. The fraction of sp³-hybridized carbons (Fsp3) is 0.391. The van der Waals surface area contributed by atoms with E-state index in [2.05, 4.69) is 5.32 Å². The highest BCUT2D eigenvalue weighted by atomic mass is 32.2. The molecule has 0 fully saturated rings. The molecule has 0 saturated heterocycles. The summed E-state index contributed by atoms with van der Waals surface area (Å²) in [6.07, 6.45) is -1.93. The number of fused-ring (bicyclic) bond motifs is 1. The van der Waals surface area contributed by atoms with Crippen LogP contribution in [0.4, 0.5) is 20.6 Å². The van der Waals surface area contributed by atoms with Crippen molar-refractivity contribution in [1.29, 1.82) is 0 Å². The van der Waals surface area contributed by atoms with E-state index in [1.165, 1.54) is 25.1 Å². The van der Waals surface area contributed by atoms with E-state index in [0.29, 0.717) is 0 Å². The van der Waals surface area contributed by atoms with Gasteiger partial charge in [-0.15, -0.1) is 0 Å². The minimum Gasteiger partial charge on any atom is -0.484 e. The maximum absolute atomic E-state index is 13.7. The van der Waals surface area contributed by atoms with Crippen molar-refractivity contribution in [2.75, 3.05) is 15.7 Å². The predicted molar refractivity (Wildman–Crippen MR) is 125 cm³/mol. The van der Waals surface area contributed by atoms with Crippen molar-refractivity contribution in [3.05, 3.63) is 48.3 Å². The number of hydrogen-bond acceptors (Lipinski definition) is 5. The highest BCUT2D eigenvalue weighted by molar-refractivity contribution is 7.92. The zero-order valence-electron chi connectivity index (χ0n) is 19.6. The Morgan fingerprint density at radius 3 is 2.32 bits per heavy atom. The topological polar surface area (TPSA) is 116 Å². The molecular formula is C23H28FN3O6S. The van der Waals surface area contributed by atoms with Crippen molar-refractivity contribution in [1.82, 2.24) is 5.32 Å². The Balaban J connectivity index is 2.18. The molecule has 2 amide bonds. The monoisotopic (exact) mass is 493 g/mol. The number of rotatable bonds is 5. The summed E-state index contributed by atoms with van der Waals surface area (Å²) < 4.78 is 48.0. The molecule has 0 radical (unpaired) electrons. The van der Waals surface area contributed by atoms with Crippen LogP contribution in [0.25, 0.3) is 0 Å². The van der Waals surface area contributed by atoms with Crippen LogP contribution >= 0.6 is 0 Å². The molecule has 0 bridgehead atoms. The second kappa shape index (κ2) is 9.13.